The highest BCUT2D eigenvalue weighted by molar-refractivity contribution is 5.52. The van der Waals surface area contributed by atoms with E-state index in [-0.39, 0.29) is 12.2 Å². The van der Waals surface area contributed by atoms with Crippen molar-refractivity contribution in [3.8, 4) is 0 Å². The van der Waals surface area contributed by atoms with E-state index in [9.17, 15) is 13.2 Å². The van der Waals surface area contributed by atoms with Crippen LogP contribution in [0.2, 0.25) is 0 Å². The molecule has 1 unspecified atom stereocenters. The molecule has 0 aliphatic carbocycles. The van der Waals surface area contributed by atoms with E-state index in [1.165, 1.54) is 12.5 Å². The monoisotopic (exact) mass is 215 g/mol. The molecule has 5 heteroatoms. The van der Waals surface area contributed by atoms with Crippen molar-refractivity contribution in [2.24, 2.45) is 4.99 Å². The Balaban J connectivity index is 2.54. The summed E-state index contributed by atoms with van der Waals surface area (Å²) in [5, 5.41) is 0. The lowest BCUT2D eigenvalue weighted by molar-refractivity contribution is 0.269. The quantitative estimate of drug-likeness (QED) is 0.659. The van der Waals surface area contributed by atoms with Crippen LogP contribution in [0.25, 0.3) is 0 Å². The highest BCUT2D eigenvalue weighted by Crippen LogP contribution is 2.32. The van der Waals surface area contributed by atoms with Gasteiger partial charge < -0.3 is 4.74 Å². The van der Waals surface area contributed by atoms with Gasteiger partial charge in [-0.15, -0.1) is 0 Å². The lowest BCUT2D eigenvalue weighted by Gasteiger charge is -2.19. The van der Waals surface area contributed by atoms with Gasteiger partial charge in [0.05, 0.1) is 0 Å². The van der Waals surface area contributed by atoms with Gasteiger partial charge in [0.1, 0.15) is 12.1 Å². The molecule has 1 heterocycles. The van der Waals surface area contributed by atoms with E-state index in [0.717, 1.165) is 6.07 Å². The van der Waals surface area contributed by atoms with Crippen molar-refractivity contribution < 1.29 is 17.9 Å². The molecule has 1 aliphatic heterocycles. The van der Waals surface area contributed by atoms with Gasteiger partial charge in [-0.05, 0) is 13.0 Å². The summed E-state index contributed by atoms with van der Waals surface area (Å²) in [6, 6.07) is 2.06. The van der Waals surface area contributed by atoms with Crippen molar-refractivity contribution in [3.63, 3.8) is 0 Å². The lowest BCUT2D eigenvalue weighted by atomic mass is 9.93. The summed E-state index contributed by atoms with van der Waals surface area (Å²) in [6.07, 6.45) is 1.18. The van der Waals surface area contributed by atoms with Crippen molar-refractivity contribution in [2.45, 2.75) is 12.5 Å². The standard InChI is InChI=1S/C10H8F3NO/c1-10(4-15-5-14-10)6-2-3-7(11)9(13)8(6)12/h2-3,5H,4H2,1H3. The molecule has 1 aromatic rings. The van der Waals surface area contributed by atoms with Crippen LogP contribution in [0.15, 0.2) is 17.1 Å². The molecule has 1 atom stereocenters. The van der Waals surface area contributed by atoms with E-state index >= 15 is 0 Å². The number of halogens is 3. The van der Waals surface area contributed by atoms with E-state index in [4.69, 9.17) is 4.74 Å². The fourth-order valence-electron chi connectivity index (χ4n) is 1.48. The SMILES string of the molecule is CC1(c2ccc(F)c(F)c2F)COC=N1. The minimum absolute atomic E-state index is 0.00449. The molecule has 0 aromatic heterocycles. The molecule has 2 rings (SSSR count). The van der Waals surface area contributed by atoms with Gasteiger partial charge in [0.15, 0.2) is 23.9 Å². The van der Waals surface area contributed by atoms with Gasteiger partial charge in [-0.2, -0.15) is 0 Å². The zero-order valence-electron chi connectivity index (χ0n) is 7.93. The highest BCUT2D eigenvalue weighted by atomic mass is 19.2. The summed E-state index contributed by atoms with van der Waals surface area (Å²) in [4.78, 5) is 3.89. The zero-order chi connectivity index (χ0) is 11.1. The van der Waals surface area contributed by atoms with Crippen LogP contribution in [0.4, 0.5) is 13.2 Å². The van der Waals surface area contributed by atoms with E-state index in [2.05, 4.69) is 4.99 Å². The molecular weight excluding hydrogens is 207 g/mol. The number of benzene rings is 1. The summed E-state index contributed by atoms with van der Waals surface area (Å²) in [7, 11) is 0. The van der Waals surface area contributed by atoms with Crippen LogP contribution in [0.1, 0.15) is 12.5 Å². The molecule has 0 radical (unpaired) electrons. The van der Waals surface area contributed by atoms with Crippen molar-refractivity contribution in [1.29, 1.82) is 0 Å². The first-order valence-electron chi connectivity index (χ1n) is 4.34. The van der Waals surface area contributed by atoms with Crippen LogP contribution in [0, 0.1) is 17.5 Å². The average molecular weight is 215 g/mol. The summed E-state index contributed by atoms with van der Waals surface area (Å²) in [5.41, 5.74) is -0.978. The van der Waals surface area contributed by atoms with Crippen molar-refractivity contribution in [2.75, 3.05) is 6.61 Å². The van der Waals surface area contributed by atoms with E-state index in [1.807, 2.05) is 0 Å². The fraction of sp³-hybridized carbons (Fsp3) is 0.300. The van der Waals surface area contributed by atoms with Crippen molar-refractivity contribution in [3.05, 3.63) is 35.1 Å². The molecule has 80 valence electrons. The Bertz CT molecular complexity index is 433. The third-order valence-corrected chi connectivity index (χ3v) is 2.39. The van der Waals surface area contributed by atoms with Crippen LogP contribution in [-0.4, -0.2) is 13.0 Å². The molecule has 0 saturated carbocycles. The average Bonchev–Trinajstić information content (AvgIpc) is 2.62. The molecule has 0 N–H and O–H groups in total. The minimum Gasteiger partial charge on any atom is -0.481 e. The number of nitrogens with zero attached hydrogens (tertiary/aromatic N) is 1. The van der Waals surface area contributed by atoms with Crippen LogP contribution in [0.5, 0.6) is 0 Å². The Kier molecular flexibility index (Phi) is 2.17. The fourth-order valence-corrected chi connectivity index (χ4v) is 1.48. The van der Waals surface area contributed by atoms with Gasteiger partial charge >= 0.3 is 0 Å². The summed E-state index contributed by atoms with van der Waals surface area (Å²) >= 11 is 0. The molecule has 0 fully saturated rings. The Morgan fingerprint density at radius 3 is 2.60 bits per heavy atom. The molecule has 15 heavy (non-hydrogen) atoms. The maximum atomic E-state index is 13.4. The minimum atomic E-state index is -1.48. The number of ether oxygens (including phenoxy) is 1. The molecule has 0 saturated heterocycles. The topological polar surface area (TPSA) is 21.6 Å². The Hall–Kier alpha value is -1.52. The Morgan fingerprint density at radius 2 is 2.00 bits per heavy atom. The molecule has 0 bridgehead atoms. The van der Waals surface area contributed by atoms with Crippen molar-refractivity contribution in [1.82, 2.24) is 0 Å². The van der Waals surface area contributed by atoms with E-state index < -0.39 is 23.0 Å². The number of rotatable bonds is 1. The second-order valence-corrected chi connectivity index (χ2v) is 3.54. The maximum Gasteiger partial charge on any atom is 0.194 e. The first-order valence-corrected chi connectivity index (χ1v) is 4.34. The predicted octanol–water partition coefficient (Wildman–Crippen LogP) is 2.38. The second-order valence-electron chi connectivity index (χ2n) is 3.54. The molecule has 2 nitrogen and oxygen atoms in total. The molecule has 1 aliphatic rings. The van der Waals surface area contributed by atoms with Gasteiger partial charge in [-0.3, -0.25) is 0 Å². The maximum absolute atomic E-state index is 13.4. The first-order chi connectivity index (χ1) is 7.04. The van der Waals surface area contributed by atoms with Gasteiger partial charge in [0.25, 0.3) is 0 Å². The third-order valence-electron chi connectivity index (χ3n) is 2.39. The van der Waals surface area contributed by atoms with Crippen LogP contribution in [0.3, 0.4) is 0 Å². The largest absolute Gasteiger partial charge is 0.481 e. The smallest absolute Gasteiger partial charge is 0.194 e. The normalized spacial score (nSPS) is 24.3. The van der Waals surface area contributed by atoms with Gasteiger partial charge in [-0.25, -0.2) is 18.2 Å². The van der Waals surface area contributed by atoms with Gasteiger partial charge in [0, 0.05) is 5.56 Å². The Morgan fingerprint density at radius 1 is 1.27 bits per heavy atom. The van der Waals surface area contributed by atoms with E-state index in [1.54, 1.807) is 6.92 Å². The molecule has 0 amide bonds. The predicted molar refractivity (Wildman–Crippen MR) is 48.1 cm³/mol. The van der Waals surface area contributed by atoms with Crippen LogP contribution < -0.4 is 0 Å². The number of hydrogen-bond donors (Lipinski definition) is 0. The van der Waals surface area contributed by atoms with Crippen LogP contribution >= 0.6 is 0 Å². The highest BCUT2D eigenvalue weighted by Gasteiger charge is 2.34. The zero-order valence-corrected chi connectivity index (χ0v) is 7.93. The Labute approximate surface area is 84.4 Å². The third kappa shape index (κ3) is 1.48. The summed E-state index contributed by atoms with van der Waals surface area (Å²) in [5.74, 6) is -3.89. The lowest BCUT2D eigenvalue weighted by Crippen LogP contribution is -2.23. The summed E-state index contributed by atoms with van der Waals surface area (Å²) in [6.45, 7) is 1.71. The second kappa shape index (κ2) is 3.25. The van der Waals surface area contributed by atoms with E-state index in [0.29, 0.717) is 0 Å². The number of hydrogen-bond acceptors (Lipinski definition) is 2. The van der Waals surface area contributed by atoms with Gasteiger partial charge in [0.2, 0.25) is 0 Å². The number of aliphatic imine (C=N–C) groups is 1. The molecular formula is C10H8F3NO. The van der Waals surface area contributed by atoms with Gasteiger partial charge in [-0.1, -0.05) is 6.07 Å². The van der Waals surface area contributed by atoms with Crippen molar-refractivity contribution >= 4 is 6.40 Å². The molecule has 1 aromatic carbocycles. The van der Waals surface area contributed by atoms with Crippen LogP contribution in [-0.2, 0) is 10.3 Å². The summed E-state index contributed by atoms with van der Waals surface area (Å²) < 4.78 is 43.9. The first kappa shape index (κ1) is 10.0. The molecule has 0 spiro atoms.